The second-order valence-electron chi connectivity index (χ2n) is 8.41. The Morgan fingerprint density at radius 2 is 1.77 bits per heavy atom. The van der Waals surface area contributed by atoms with Crippen LogP contribution in [0.1, 0.15) is 25.5 Å². The number of rotatable bonds is 1. The van der Waals surface area contributed by atoms with Crippen LogP contribution in [0.25, 0.3) is 32.6 Å². The fraction of sp³-hybridized carbons (Fsp3) is 0.292. The number of aryl methyl sites for hydroxylation is 1. The summed E-state index contributed by atoms with van der Waals surface area (Å²) in [5.41, 5.74) is 0.450. The first-order chi connectivity index (χ1) is 14.2. The molecular weight excluding hydrogens is 382 g/mol. The van der Waals surface area contributed by atoms with Crippen molar-refractivity contribution >= 4 is 32.6 Å². The van der Waals surface area contributed by atoms with Gasteiger partial charge >= 0.3 is 0 Å². The van der Waals surface area contributed by atoms with Crippen molar-refractivity contribution in [1.82, 2.24) is 4.57 Å². The molecule has 6 nitrogen and oxygen atoms in total. The average Bonchev–Trinajstić information content (AvgIpc) is 2.73. The third-order valence-electron chi connectivity index (χ3n) is 6.20. The summed E-state index contributed by atoms with van der Waals surface area (Å²) in [4.78, 5) is 13.6. The number of hydrogen-bond donors (Lipinski definition) is 2. The summed E-state index contributed by atoms with van der Waals surface area (Å²) in [7, 11) is 3.35. The lowest BCUT2D eigenvalue weighted by atomic mass is 9.86. The van der Waals surface area contributed by atoms with Crippen molar-refractivity contribution in [2.24, 2.45) is 7.05 Å². The van der Waals surface area contributed by atoms with E-state index in [0.29, 0.717) is 33.4 Å². The molecule has 2 heterocycles. The van der Waals surface area contributed by atoms with Crippen LogP contribution in [0.3, 0.4) is 0 Å². The number of benzene rings is 3. The number of aliphatic hydroxyl groups is 2. The molecule has 0 saturated heterocycles. The van der Waals surface area contributed by atoms with E-state index in [1.807, 2.05) is 48.0 Å². The number of fused-ring (bicyclic) bond motifs is 5. The SMILES string of the molecule is COc1cc2c(c3c1c(=O)c1cc4ccccc4cc1n3C)[C@H](O)[C@H](O)C(C)(C)O2. The normalized spacial score (nSPS) is 20.3. The average molecular weight is 405 g/mol. The number of methoxy groups -OCH3 is 1. The van der Waals surface area contributed by atoms with Gasteiger partial charge in [-0.2, -0.15) is 0 Å². The summed E-state index contributed by atoms with van der Waals surface area (Å²) < 4.78 is 13.5. The standard InChI is InChI=1S/C24H23NO5/c1-24(2)23(28)22(27)19-17(30-24)11-16(29-4)18-20(19)25(3)15-10-13-8-6-5-7-12(13)9-14(15)21(18)26/h5-11,22-23,27-28H,1-4H3/t22-,23-/m0/s1. The van der Waals surface area contributed by atoms with Crippen LogP contribution < -0.4 is 14.9 Å². The zero-order valence-corrected chi connectivity index (χ0v) is 17.3. The highest BCUT2D eigenvalue weighted by Gasteiger charge is 2.44. The van der Waals surface area contributed by atoms with Crippen molar-refractivity contribution in [1.29, 1.82) is 0 Å². The molecule has 0 aliphatic carbocycles. The van der Waals surface area contributed by atoms with Gasteiger partial charge in [-0.25, -0.2) is 0 Å². The maximum Gasteiger partial charge on any atom is 0.201 e. The third-order valence-corrected chi connectivity index (χ3v) is 6.20. The van der Waals surface area contributed by atoms with Crippen LogP contribution in [-0.4, -0.2) is 33.6 Å². The lowest BCUT2D eigenvalue weighted by Crippen LogP contribution is -2.49. The molecule has 0 fully saturated rings. The Labute approximate surface area is 172 Å². The predicted molar refractivity (Wildman–Crippen MR) is 116 cm³/mol. The van der Waals surface area contributed by atoms with Crippen molar-refractivity contribution < 1.29 is 19.7 Å². The van der Waals surface area contributed by atoms with Gasteiger partial charge in [-0.1, -0.05) is 24.3 Å². The second-order valence-corrected chi connectivity index (χ2v) is 8.41. The van der Waals surface area contributed by atoms with Crippen molar-refractivity contribution in [3.05, 3.63) is 58.3 Å². The molecule has 6 heteroatoms. The Morgan fingerprint density at radius 3 is 2.43 bits per heavy atom. The third kappa shape index (κ3) is 2.41. The van der Waals surface area contributed by atoms with Crippen molar-refractivity contribution in [3.63, 3.8) is 0 Å². The van der Waals surface area contributed by atoms with Crippen molar-refractivity contribution in [3.8, 4) is 11.5 Å². The van der Waals surface area contributed by atoms with E-state index in [4.69, 9.17) is 9.47 Å². The molecule has 0 saturated carbocycles. The molecule has 154 valence electrons. The van der Waals surface area contributed by atoms with Crippen LogP contribution in [0.15, 0.2) is 47.3 Å². The molecule has 0 amide bonds. The summed E-state index contributed by atoms with van der Waals surface area (Å²) in [6, 6.07) is 13.3. The molecule has 3 aromatic carbocycles. The fourth-order valence-electron chi connectivity index (χ4n) is 4.56. The molecule has 5 rings (SSSR count). The van der Waals surface area contributed by atoms with Crippen LogP contribution in [-0.2, 0) is 7.05 Å². The molecule has 0 radical (unpaired) electrons. The first kappa shape index (κ1) is 18.9. The molecule has 1 aliphatic heterocycles. The summed E-state index contributed by atoms with van der Waals surface area (Å²) in [6.45, 7) is 3.43. The number of hydrogen-bond acceptors (Lipinski definition) is 5. The smallest absolute Gasteiger partial charge is 0.201 e. The van der Waals surface area contributed by atoms with E-state index in [-0.39, 0.29) is 5.43 Å². The van der Waals surface area contributed by atoms with E-state index >= 15 is 0 Å². The van der Waals surface area contributed by atoms with Crippen molar-refractivity contribution in [2.45, 2.75) is 31.7 Å². The van der Waals surface area contributed by atoms with Gasteiger partial charge in [-0.15, -0.1) is 0 Å². The minimum atomic E-state index is -1.21. The maximum atomic E-state index is 13.6. The number of pyridine rings is 1. The molecule has 2 N–H and O–H groups in total. The van der Waals surface area contributed by atoms with Crippen LogP contribution in [0.4, 0.5) is 0 Å². The van der Waals surface area contributed by atoms with E-state index in [0.717, 1.165) is 16.3 Å². The Hall–Kier alpha value is -3.09. The summed E-state index contributed by atoms with van der Waals surface area (Å²) in [5.74, 6) is 0.774. The highest BCUT2D eigenvalue weighted by Crippen LogP contribution is 2.46. The summed E-state index contributed by atoms with van der Waals surface area (Å²) in [5, 5.41) is 24.6. The van der Waals surface area contributed by atoms with E-state index < -0.39 is 17.8 Å². The lowest BCUT2D eigenvalue weighted by Gasteiger charge is -2.40. The van der Waals surface area contributed by atoms with Gasteiger partial charge in [0.1, 0.15) is 29.3 Å². The number of ether oxygens (including phenoxy) is 2. The number of aliphatic hydroxyl groups excluding tert-OH is 2. The van der Waals surface area contributed by atoms with Gasteiger partial charge < -0.3 is 24.3 Å². The molecule has 1 aromatic heterocycles. The van der Waals surface area contributed by atoms with Gasteiger partial charge in [0.2, 0.25) is 5.43 Å². The quantitative estimate of drug-likeness (QED) is 0.475. The Balaban J connectivity index is 2.01. The Morgan fingerprint density at radius 1 is 1.10 bits per heavy atom. The van der Waals surface area contributed by atoms with Gasteiger partial charge in [-0.05, 0) is 36.8 Å². The first-order valence-corrected chi connectivity index (χ1v) is 9.86. The molecule has 4 aromatic rings. The zero-order chi connectivity index (χ0) is 21.4. The number of aromatic nitrogens is 1. The minimum absolute atomic E-state index is 0.185. The van der Waals surface area contributed by atoms with Crippen molar-refractivity contribution in [2.75, 3.05) is 7.11 Å². The predicted octanol–water partition coefficient (Wildman–Crippen LogP) is 3.42. The summed E-state index contributed by atoms with van der Waals surface area (Å²) >= 11 is 0. The van der Waals surface area contributed by atoms with Crippen LogP contribution >= 0.6 is 0 Å². The monoisotopic (exact) mass is 405 g/mol. The van der Waals surface area contributed by atoms with Crippen LogP contribution in [0, 0.1) is 0 Å². The first-order valence-electron chi connectivity index (χ1n) is 9.86. The number of nitrogens with zero attached hydrogens (tertiary/aromatic N) is 1. The van der Waals surface area contributed by atoms with E-state index in [2.05, 4.69) is 0 Å². The molecule has 0 unspecified atom stereocenters. The Kier molecular flexibility index (Phi) is 3.91. The van der Waals surface area contributed by atoms with Gasteiger partial charge in [-0.3, -0.25) is 4.79 Å². The molecule has 0 bridgehead atoms. The van der Waals surface area contributed by atoms with E-state index in [1.165, 1.54) is 7.11 Å². The van der Waals surface area contributed by atoms with Gasteiger partial charge in [0.05, 0.1) is 29.1 Å². The van der Waals surface area contributed by atoms with Gasteiger partial charge in [0.15, 0.2) is 0 Å². The minimum Gasteiger partial charge on any atom is -0.496 e. The zero-order valence-electron chi connectivity index (χ0n) is 17.3. The van der Waals surface area contributed by atoms with Crippen LogP contribution in [0.2, 0.25) is 0 Å². The Bertz CT molecular complexity index is 1400. The van der Waals surface area contributed by atoms with Gasteiger partial charge in [0, 0.05) is 18.5 Å². The topological polar surface area (TPSA) is 80.9 Å². The van der Waals surface area contributed by atoms with Crippen LogP contribution in [0.5, 0.6) is 11.5 Å². The molecule has 30 heavy (non-hydrogen) atoms. The molecule has 0 spiro atoms. The fourth-order valence-corrected chi connectivity index (χ4v) is 4.56. The lowest BCUT2D eigenvalue weighted by molar-refractivity contribution is -0.111. The largest absolute Gasteiger partial charge is 0.496 e. The highest BCUT2D eigenvalue weighted by molar-refractivity contribution is 6.04. The van der Waals surface area contributed by atoms with E-state index in [9.17, 15) is 15.0 Å². The van der Waals surface area contributed by atoms with Gasteiger partial charge in [0.25, 0.3) is 0 Å². The highest BCUT2D eigenvalue weighted by atomic mass is 16.5. The molecule has 1 aliphatic rings. The molecular formula is C24H23NO5. The molecule has 2 atom stereocenters. The van der Waals surface area contributed by atoms with E-state index in [1.54, 1.807) is 19.9 Å². The summed E-state index contributed by atoms with van der Waals surface area (Å²) in [6.07, 6.45) is -2.36. The second kappa shape index (κ2) is 6.20. The maximum absolute atomic E-state index is 13.6.